The van der Waals surface area contributed by atoms with Gasteiger partial charge in [0, 0.05) is 32.2 Å². The van der Waals surface area contributed by atoms with E-state index in [1.54, 1.807) is 18.5 Å². The third-order valence-electron chi connectivity index (χ3n) is 4.08. The lowest BCUT2D eigenvalue weighted by Gasteiger charge is -2.34. The van der Waals surface area contributed by atoms with Crippen LogP contribution in [0.3, 0.4) is 0 Å². The number of nitrogens with two attached hydrogens (primary N) is 1. The number of carbonyl (C=O) groups excluding carboxylic acids is 2. The Bertz CT molecular complexity index is 705. The first-order valence-electron chi connectivity index (χ1n) is 7.07. The van der Waals surface area contributed by atoms with E-state index in [1.165, 1.54) is 10.7 Å². The molecule has 2 aromatic rings. The van der Waals surface area contributed by atoms with Gasteiger partial charge >= 0.3 is 0 Å². The summed E-state index contributed by atoms with van der Waals surface area (Å²) < 4.78 is 6.79. The van der Waals surface area contributed by atoms with E-state index in [-0.39, 0.29) is 12.5 Å². The van der Waals surface area contributed by atoms with Crippen LogP contribution in [0.25, 0.3) is 5.65 Å². The van der Waals surface area contributed by atoms with Gasteiger partial charge in [0.25, 0.3) is 5.91 Å². The fraction of sp³-hybridized carbons (Fsp3) is 0.429. The highest BCUT2D eigenvalue weighted by Gasteiger charge is 2.38. The van der Waals surface area contributed by atoms with E-state index in [4.69, 9.17) is 10.5 Å². The van der Waals surface area contributed by atoms with Gasteiger partial charge in [0.15, 0.2) is 5.65 Å². The van der Waals surface area contributed by atoms with Crippen molar-refractivity contribution in [1.82, 2.24) is 19.9 Å². The first kappa shape index (κ1) is 14.5. The van der Waals surface area contributed by atoms with Gasteiger partial charge in [0.2, 0.25) is 5.91 Å². The van der Waals surface area contributed by atoms with Gasteiger partial charge in [-0.1, -0.05) is 0 Å². The molecule has 3 N–H and O–H groups in total. The molecule has 2 aromatic heterocycles. The first-order chi connectivity index (χ1) is 10.6. The first-order valence-corrected chi connectivity index (χ1v) is 7.07. The van der Waals surface area contributed by atoms with Gasteiger partial charge in [0.1, 0.15) is 5.56 Å². The molecule has 0 unspecified atom stereocenters. The van der Waals surface area contributed by atoms with E-state index in [0.717, 1.165) is 0 Å². The van der Waals surface area contributed by atoms with Crippen LogP contribution in [0.5, 0.6) is 0 Å². The Morgan fingerprint density at radius 1 is 1.41 bits per heavy atom. The normalized spacial score (nSPS) is 17.3. The Morgan fingerprint density at radius 3 is 2.91 bits per heavy atom. The van der Waals surface area contributed by atoms with E-state index in [2.05, 4.69) is 15.4 Å². The number of primary amides is 1. The summed E-state index contributed by atoms with van der Waals surface area (Å²) in [6, 6.07) is 1.73. The van der Waals surface area contributed by atoms with Crippen molar-refractivity contribution in [2.75, 3.05) is 19.8 Å². The predicted molar refractivity (Wildman–Crippen MR) is 77.0 cm³/mol. The minimum atomic E-state index is -0.746. The summed E-state index contributed by atoms with van der Waals surface area (Å²) in [5.74, 6) is -0.727. The number of amides is 2. The molecule has 1 fully saturated rings. The number of ether oxygens (including phenoxy) is 1. The van der Waals surface area contributed by atoms with Crippen molar-refractivity contribution in [3.05, 3.63) is 30.2 Å². The van der Waals surface area contributed by atoms with E-state index >= 15 is 0 Å². The number of hydrogen-bond donors (Lipinski definition) is 2. The molecule has 3 rings (SSSR count). The summed E-state index contributed by atoms with van der Waals surface area (Å²) in [6.07, 6.45) is 5.78. The van der Waals surface area contributed by atoms with Crippen molar-refractivity contribution in [2.45, 2.75) is 12.8 Å². The van der Waals surface area contributed by atoms with Crippen LogP contribution >= 0.6 is 0 Å². The van der Waals surface area contributed by atoms with Crippen LogP contribution in [0.1, 0.15) is 23.2 Å². The number of carbonyl (C=O) groups is 2. The largest absolute Gasteiger partial charge is 0.381 e. The minimum Gasteiger partial charge on any atom is -0.381 e. The Morgan fingerprint density at radius 2 is 2.18 bits per heavy atom. The maximum Gasteiger partial charge on any atom is 0.256 e. The van der Waals surface area contributed by atoms with Crippen LogP contribution < -0.4 is 11.1 Å². The van der Waals surface area contributed by atoms with Gasteiger partial charge in [-0.25, -0.2) is 9.50 Å². The van der Waals surface area contributed by atoms with Gasteiger partial charge in [-0.15, -0.1) is 0 Å². The summed E-state index contributed by atoms with van der Waals surface area (Å²) in [7, 11) is 0. The molecule has 0 aliphatic carbocycles. The predicted octanol–water partition coefficient (Wildman–Crippen LogP) is -0.259. The van der Waals surface area contributed by atoms with Gasteiger partial charge in [-0.3, -0.25) is 9.59 Å². The summed E-state index contributed by atoms with van der Waals surface area (Å²) in [5, 5.41) is 6.85. The number of rotatable bonds is 4. The van der Waals surface area contributed by atoms with Crippen LogP contribution in [0.15, 0.2) is 24.7 Å². The molecule has 0 saturated carbocycles. The van der Waals surface area contributed by atoms with Crippen LogP contribution in [-0.4, -0.2) is 46.2 Å². The molecule has 116 valence electrons. The monoisotopic (exact) mass is 303 g/mol. The van der Waals surface area contributed by atoms with Crippen LogP contribution in [0.2, 0.25) is 0 Å². The van der Waals surface area contributed by atoms with Crippen molar-refractivity contribution in [1.29, 1.82) is 0 Å². The molecule has 8 nitrogen and oxygen atoms in total. The molecule has 1 aliphatic heterocycles. The van der Waals surface area contributed by atoms with Gasteiger partial charge in [-0.05, 0) is 18.9 Å². The Hall–Kier alpha value is -2.48. The highest BCUT2D eigenvalue weighted by molar-refractivity contribution is 5.99. The second-order valence-electron chi connectivity index (χ2n) is 5.39. The van der Waals surface area contributed by atoms with Crippen LogP contribution in [-0.2, 0) is 9.53 Å². The third-order valence-corrected chi connectivity index (χ3v) is 4.08. The third kappa shape index (κ3) is 2.52. The Labute approximate surface area is 126 Å². The van der Waals surface area contributed by atoms with Crippen molar-refractivity contribution >= 4 is 17.5 Å². The molecule has 0 bridgehead atoms. The van der Waals surface area contributed by atoms with E-state index in [9.17, 15) is 9.59 Å². The van der Waals surface area contributed by atoms with Crippen LogP contribution in [0, 0.1) is 5.41 Å². The summed E-state index contributed by atoms with van der Waals surface area (Å²) in [5.41, 5.74) is 5.62. The van der Waals surface area contributed by atoms with Gasteiger partial charge in [0.05, 0.1) is 11.6 Å². The van der Waals surface area contributed by atoms with Crippen LogP contribution in [0.4, 0.5) is 0 Å². The SMILES string of the molecule is NC(=O)C1(CNC(=O)c2cnn3cccnc23)CCOCC1. The molecule has 1 aliphatic rings. The number of nitrogens with one attached hydrogen (secondary N) is 1. The maximum absolute atomic E-state index is 12.3. The fourth-order valence-electron chi connectivity index (χ4n) is 2.60. The molecule has 1 saturated heterocycles. The van der Waals surface area contributed by atoms with E-state index in [1.807, 2.05) is 0 Å². The lowest BCUT2D eigenvalue weighted by atomic mass is 9.79. The number of aromatic nitrogens is 3. The topological polar surface area (TPSA) is 112 Å². The Kier molecular flexibility index (Phi) is 3.76. The second-order valence-corrected chi connectivity index (χ2v) is 5.39. The molecular weight excluding hydrogens is 286 g/mol. The zero-order chi connectivity index (χ0) is 15.6. The summed E-state index contributed by atoms with van der Waals surface area (Å²) in [6.45, 7) is 1.13. The molecule has 0 spiro atoms. The molecular formula is C14H17N5O3. The van der Waals surface area contributed by atoms with Crippen molar-refractivity contribution in [2.24, 2.45) is 11.1 Å². The lowest BCUT2D eigenvalue weighted by Crippen LogP contribution is -2.49. The number of hydrogen-bond acceptors (Lipinski definition) is 5. The van der Waals surface area contributed by atoms with Crippen molar-refractivity contribution in [3.63, 3.8) is 0 Å². The highest BCUT2D eigenvalue weighted by Crippen LogP contribution is 2.29. The van der Waals surface area contributed by atoms with E-state index in [0.29, 0.717) is 37.3 Å². The van der Waals surface area contributed by atoms with Gasteiger partial charge in [-0.2, -0.15) is 5.10 Å². The molecule has 22 heavy (non-hydrogen) atoms. The highest BCUT2D eigenvalue weighted by atomic mass is 16.5. The molecule has 2 amide bonds. The Balaban J connectivity index is 1.75. The zero-order valence-electron chi connectivity index (χ0n) is 12.0. The average molecular weight is 303 g/mol. The number of fused-ring (bicyclic) bond motifs is 1. The van der Waals surface area contributed by atoms with Crippen molar-refractivity contribution < 1.29 is 14.3 Å². The molecule has 0 aromatic carbocycles. The molecule has 3 heterocycles. The fourth-order valence-corrected chi connectivity index (χ4v) is 2.60. The summed E-state index contributed by atoms with van der Waals surface area (Å²) >= 11 is 0. The maximum atomic E-state index is 12.3. The van der Waals surface area contributed by atoms with Gasteiger partial charge < -0.3 is 15.8 Å². The second kappa shape index (κ2) is 5.72. The number of nitrogens with zero attached hydrogens (tertiary/aromatic N) is 3. The standard InChI is InChI=1S/C14H17N5O3/c15-13(21)14(2-6-22-7-3-14)9-17-12(20)10-8-18-19-5-1-4-16-11(10)19/h1,4-5,8H,2-3,6-7,9H2,(H2,15,21)(H,17,20). The average Bonchev–Trinajstić information content (AvgIpc) is 2.97. The summed E-state index contributed by atoms with van der Waals surface area (Å²) in [4.78, 5) is 28.3. The quantitative estimate of drug-likeness (QED) is 0.808. The molecule has 8 heteroatoms. The smallest absolute Gasteiger partial charge is 0.256 e. The lowest BCUT2D eigenvalue weighted by molar-refractivity contribution is -0.132. The van der Waals surface area contributed by atoms with Crippen molar-refractivity contribution in [3.8, 4) is 0 Å². The minimum absolute atomic E-state index is 0.189. The molecule has 0 atom stereocenters. The zero-order valence-corrected chi connectivity index (χ0v) is 12.0. The molecule has 0 radical (unpaired) electrons. The van der Waals surface area contributed by atoms with E-state index < -0.39 is 11.3 Å².